The van der Waals surface area contributed by atoms with Crippen molar-refractivity contribution in [3.8, 4) is 5.75 Å². The van der Waals surface area contributed by atoms with Gasteiger partial charge in [0.15, 0.2) is 5.82 Å². The molecule has 1 aliphatic heterocycles. The predicted octanol–water partition coefficient (Wildman–Crippen LogP) is 5.96. The second-order valence-electron chi connectivity index (χ2n) is 9.21. The second-order valence-corrected chi connectivity index (χ2v) is 10.7. The molecule has 0 aliphatic carbocycles. The summed E-state index contributed by atoms with van der Waals surface area (Å²) in [5, 5.41) is 11.6. The van der Waals surface area contributed by atoms with E-state index in [9.17, 15) is 14.3 Å². The predicted molar refractivity (Wildman–Crippen MR) is 141 cm³/mol. The number of pyridine rings is 2. The van der Waals surface area contributed by atoms with Crippen LogP contribution in [0.1, 0.15) is 31.2 Å². The zero-order valence-electron chi connectivity index (χ0n) is 20.3. The molecule has 1 aliphatic rings. The summed E-state index contributed by atoms with van der Waals surface area (Å²) >= 11 is 7.92. The Kier molecular flexibility index (Phi) is 9.40. The Balaban J connectivity index is 1.34. The molecule has 3 heterocycles. The lowest BCUT2D eigenvalue weighted by Crippen LogP contribution is -2.42. The zero-order chi connectivity index (χ0) is 25.5. The lowest BCUT2D eigenvalue weighted by atomic mass is 9.80. The minimum Gasteiger partial charge on any atom is -0.497 e. The van der Waals surface area contributed by atoms with E-state index >= 15 is 0 Å². The van der Waals surface area contributed by atoms with Gasteiger partial charge in [-0.15, -0.1) is 11.8 Å². The van der Waals surface area contributed by atoms with Gasteiger partial charge in [-0.3, -0.25) is 9.78 Å². The van der Waals surface area contributed by atoms with Gasteiger partial charge in [-0.05, 0) is 80.0 Å². The van der Waals surface area contributed by atoms with Gasteiger partial charge < -0.3 is 14.7 Å². The number of rotatable bonds is 11. The molecule has 9 heteroatoms. The number of ether oxygens (including phenoxy) is 1. The first-order valence-electron chi connectivity index (χ1n) is 12.2. The fourth-order valence-corrected chi connectivity index (χ4v) is 6.20. The minimum atomic E-state index is -0.757. The highest BCUT2D eigenvalue weighted by molar-refractivity contribution is 7.99. The highest BCUT2D eigenvalue weighted by Gasteiger charge is 2.30. The van der Waals surface area contributed by atoms with Gasteiger partial charge in [0.05, 0.1) is 17.6 Å². The third-order valence-corrected chi connectivity index (χ3v) is 8.21. The van der Waals surface area contributed by atoms with Crippen LogP contribution in [0.4, 0.5) is 4.39 Å². The average molecular weight is 532 g/mol. The Labute approximate surface area is 220 Å². The van der Waals surface area contributed by atoms with Gasteiger partial charge in [-0.2, -0.15) is 0 Å². The van der Waals surface area contributed by atoms with E-state index in [4.69, 9.17) is 16.3 Å². The van der Waals surface area contributed by atoms with Crippen LogP contribution in [-0.2, 0) is 11.2 Å². The molecule has 1 fully saturated rings. The Morgan fingerprint density at radius 2 is 2.17 bits per heavy atom. The average Bonchev–Trinajstić information content (AvgIpc) is 2.87. The van der Waals surface area contributed by atoms with Crippen LogP contribution in [0.3, 0.4) is 0 Å². The molecular weight excluding hydrogens is 501 g/mol. The summed E-state index contributed by atoms with van der Waals surface area (Å²) in [7, 11) is 1.64. The third kappa shape index (κ3) is 6.87. The van der Waals surface area contributed by atoms with Crippen LogP contribution in [0.5, 0.6) is 5.75 Å². The number of methoxy groups -OCH3 is 1. The van der Waals surface area contributed by atoms with Crippen LogP contribution < -0.4 is 4.74 Å². The van der Waals surface area contributed by atoms with E-state index in [2.05, 4.69) is 14.9 Å². The van der Waals surface area contributed by atoms with Gasteiger partial charge in [-0.25, -0.2) is 9.37 Å². The number of halogens is 2. The van der Waals surface area contributed by atoms with Gasteiger partial charge in [0, 0.05) is 43.0 Å². The molecule has 6 nitrogen and oxygen atoms in total. The molecule has 2 atom stereocenters. The molecule has 1 aromatic carbocycles. The summed E-state index contributed by atoms with van der Waals surface area (Å²) in [6.45, 7) is 2.45. The molecule has 0 radical (unpaired) electrons. The number of carbonyl (C=O) groups is 1. The summed E-state index contributed by atoms with van der Waals surface area (Å²) in [6, 6.07) is 8.81. The SMILES string of the molecule is COc1ccc2ncc(Cl)c(CCCC3CCN(CCSc4ncccc4F)CC3CC(=O)O)c2c1. The molecule has 1 N–H and O–H groups in total. The number of carboxylic acids is 1. The number of aryl methyl sites for hydroxylation is 1. The van der Waals surface area contributed by atoms with E-state index in [1.807, 2.05) is 18.2 Å². The van der Waals surface area contributed by atoms with Crippen LogP contribution in [0.25, 0.3) is 10.9 Å². The zero-order valence-corrected chi connectivity index (χ0v) is 21.9. The molecule has 1 saturated heterocycles. The fourth-order valence-electron chi connectivity index (χ4n) is 5.07. The van der Waals surface area contributed by atoms with Gasteiger partial charge in [0.2, 0.25) is 0 Å². The van der Waals surface area contributed by atoms with Crippen molar-refractivity contribution >= 4 is 40.2 Å². The van der Waals surface area contributed by atoms with E-state index in [1.165, 1.54) is 17.8 Å². The van der Waals surface area contributed by atoms with Gasteiger partial charge >= 0.3 is 5.97 Å². The number of hydrogen-bond acceptors (Lipinski definition) is 6. The second kappa shape index (κ2) is 12.7. The maximum absolute atomic E-state index is 13.8. The van der Waals surface area contributed by atoms with Gasteiger partial charge in [0.25, 0.3) is 0 Å². The van der Waals surface area contributed by atoms with Crippen molar-refractivity contribution in [3.63, 3.8) is 0 Å². The van der Waals surface area contributed by atoms with E-state index < -0.39 is 5.97 Å². The number of piperidine rings is 1. The molecule has 192 valence electrons. The molecule has 0 bridgehead atoms. The summed E-state index contributed by atoms with van der Waals surface area (Å²) in [5.41, 5.74) is 1.95. The van der Waals surface area contributed by atoms with Crippen molar-refractivity contribution in [2.24, 2.45) is 11.8 Å². The number of nitrogens with zero attached hydrogens (tertiary/aromatic N) is 3. The molecule has 4 rings (SSSR count). The fraction of sp³-hybridized carbons (Fsp3) is 0.444. The van der Waals surface area contributed by atoms with Crippen LogP contribution in [0.15, 0.2) is 47.8 Å². The van der Waals surface area contributed by atoms with Crippen molar-refractivity contribution in [1.82, 2.24) is 14.9 Å². The lowest BCUT2D eigenvalue weighted by Gasteiger charge is -2.38. The number of likely N-dealkylation sites (tertiary alicyclic amines) is 1. The molecule has 0 spiro atoms. The number of aliphatic carboxylic acids is 1. The molecule has 2 unspecified atom stereocenters. The van der Waals surface area contributed by atoms with Crippen molar-refractivity contribution in [3.05, 3.63) is 59.1 Å². The first-order chi connectivity index (χ1) is 17.4. The number of aromatic nitrogens is 2. The van der Waals surface area contributed by atoms with E-state index in [0.29, 0.717) is 16.0 Å². The monoisotopic (exact) mass is 531 g/mol. The van der Waals surface area contributed by atoms with Crippen LogP contribution in [0.2, 0.25) is 5.02 Å². The molecular formula is C27H31ClFN3O3S. The Bertz CT molecular complexity index is 1200. The normalized spacial score (nSPS) is 18.4. The molecule has 36 heavy (non-hydrogen) atoms. The number of thioether (sulfide) groups is 1. The minimum absolute atomic E-state index is 0.0950. The number of benzene rings is 1. The summed E-state index contributed by atoms with van der Waals surface area (Å²) in [4.78, 5) is 22.4. The Hall–Kier alpha value is -2.42. The van der Waals surface area contributed by atoms with Gasteiger partial charge in [-0.1, -0.05) is 11.6 Å². The molecule has 0 saturated carbocycles. The smallest absolute Gasteiger partial charge is 0.303 e. The van der Waals surface area contributed by atoms with Crippen LogP contribution in [0, 0.1) is 17.7 Å². The summed E-state index contributed by atoms with van der Waals surface area (Å²) in [5.74, 6) is 0.871. The number of hydrogen-bond donors (Lipinski definition) is 1. The van der Waals surface area contributed by atoms with Crippen LogP contribution in [-0.4, -0.2) is 58.4 Å². The standard InChI is InChI=1S/C27H31ClFN3O3S/c1-35-20-7-8-25-22(15-20)21(23(28)16-31-25)5-2-4-18-9-11-32(17-19(18)14-26(33)34)12-13-36-27-24(29)6-3-10-30-27/h3,6-8,10,15-16,18-19H,2,4-5,9,11-14,17H2,1H3,(H,33,34). The highest BCUT2D eigenvalue weighted by Crippen LogP contribution is 2.33. The molecule has 2 aromatic heterocycles. The van der Waals surface area contributed by atoms with E-state index in [-0.39, 0.29) is 18.2 Å². The maximum Gasteiger partial charge on any atom is 0.303 e. The molecule has 0 amide bonds. The van der Waals surface area contributed by atoms with E-state index in [0.717, 1.165) is 73.3 Å². The van der Waals surface area contributed by atoms with Gasteiger partial charge in [0.1, 0.15) is 10.8 Å². The van der Waals surface area contributed by atoms with Crippen molar-refractivity contribution in [2.45, 2.75) is 37.1 Å². The Morgan fingerprint density at radius 3 is 2.94 bits per heavy atom. The van der Waals surface area contributed by atoms with Crippen molar-refractivity contribution in [2.75, 3.05) is 32.5 Å². The summed E-state index contributed by atoms with van der Waals surface area (Å²) < 4.78 is 19.2. The maximum atomic E-state index is 13.8. The first-order valence-corrected chi connectivity index (χ1v) is 13.6. The van der Waals surface area contributed by atoms with Crippen molar-refractivity contribution in [1.29, 1.82) is 0 Å². The van der Waals surface area contributed by atoms with Crippen LogP contribution >= 0.6 is 23.4 Å². The Morgan fingerprint density at radius 1 is 1.31 bits per heavy atom. The first kappa shape index (κ1) is 26.6. The van der Waals surface area contributed by atoms with Crippen molar-refractivity contribution < 1.29 is 19.0 Å². The number of carboxylic acid groups (broad SMARTS) is 1. The largest absolute Gasteiger partial charge is 0.497 e. The van der Waals surface area contributed by atoms with E-state index in [1.54, 1.807) is 25.6 Å². The third-order valence-electron chi connectivity index (χ3n) is 6.92. The number of fused-ring (bicyclic) bond motifs is 1. The highest BCUT2D eigenvalue weighted by atomic mass is 35.5. The quantitative estimate of drug-likeness (QED) is 0.306. The lowest BCUT2D eigenvalue weighted by molar-refractivity contribution is -0.139. The topological polar surface area (TPSA) is 75.5 Å². The molecule has 3 aromatic rings. The summed E-state index contributed by atoms with van der Waals surface area (Å²) in [6.07, 6.45) is 7.09.